The van der Waals surface area contributed by atoms with Crippen molar-refractivity contribution in [2.24, 2.45) is 0 Å². The van der Waals surface area contributed by atoms with E-state index in [1.165, 1.54) is 18.3 Å². The molecule has 0 aliphatic carbocycles. The molecule has 3 rings (SSSR count). The number of benzene rings is 1. The lowest BCUT2D eigenvalue weighted by Gasteiger charge is -2.18. The summed E-state index contributed by atoms with van der Waals surface area (Å²) < 4.78 is 1.77. The van der Waals surface area contributed by atoms with Gasteiger partial charge in [0.1, 0.15) is 12.7 Å². The Morgan fingerprint density at radius 2 is 2.35 bits per heavy atom. The molecule has 20 heavy (non-hydrogen) atoms. The van der Waals surface area contributed by atoms with Gasteiger partial charge in [0, 0.05) is 30.7 Å². The van der Waals surface area contributed by atoms with E-state index in [4.69, 9.17) is 11.6 Å². The van der Waals surface area contributed by atoms with Crippen LogP contribution in [0.4, 0.5) is 0 Å². The summed E-state index contributed by atoms with van der Waals surface area (Å²) in [7, 11) is 2.03. The zero-order valence-electron chi connectivity index (χ0n) is 11.5. The number of likely N-dealkylation sites (tertiary alicyclic amines) is 1. The molecule has 1 fully saturated rings. The normalized spacial score (nSPS) is 19.6. The van der Waals surface area contributed by atoms with E-state index < -0.39 is 0 Å². The maximum absolute atomic E-state index is 6.11. The Balaban J connectivity index is 1.83. The molecule has 0 radical (unpaired) electrons. The van der Waals surface area contributed by atoms with Gasteiger partial charge >= 0.3 is 0 Å². The zero-order chi connectivity index (χ0) is 13.9. The van der Waals surface area contributed by atoms with Crippen molar-refractivity contribution in [1.82, 2.24) is 25.0 Å². The predicted octanol–water partition coefficient (Wildman–Crippen LogP) is 1.71. The molecule has 0 saturated carbocycles. The smallest absolute Gasteiger partial charge is 0.138 e. The molecule has 1 unspecified atom stereocenters. The van der Waals surface area contributed by atoms with Gasteiger partial charge < -0.3 is 5.32 Å². The van der Waals surface area contributed by atoms with Crippen molar-refractivity contribution in [3.05, 3.63) is 41.4 Å². The predicted molar refractivity (Wildman–Crippen MR) is 79.1 cm³/mol. The zero-order valence-corrected chi connectivity index (χ0v) is 12.2. The SMILES string of the molecule is CNC1CCN(Cc2ccc(Cl)cc2-n2cncn2)C1. The number of hydrogen-bond acceptors (Lipinski definition) is 4. The van der Waals surface area contributed by atoms with Crippen LogP contribution in [0.1, 0.15) is 12.0 Å². The van der Waals surface area contributed by atoms with Gasteiger partial charge in [0.05, 0.1) is 5.69 Å². The topological polar surface area (TPSA) is 46.0 Å². The van der Waals surface area contributed by atoms with Gasteiger partial charge in [0.15, 0.2) is 0 Å². The average molecular weight is 292 g/mol. The molecule has 0 amide bonds. The van der Waals surface area contributed by atoms with Crippen LogP contribution >= 0.6 is 11.6 Å². The minimum atomic E-state index is 0.595. The first-order chi connectivity index (χ1) is 9.76. The van der Waals surface area contributed by atoms with E-state index in [0.717, 1.165) is 25.3 Å². The summed E-state index contributed by atoms with van der Waals surface area (Å²) in [5.41, 5.74) is 2.22. The van der Waals surface area contributed by atoms with Crippen molar-refractivity contribution in [1.29, 1.82) is 0 Å². The maximum Gasteiger partial charge on any atom is 0.138 e. The van der Waals surface area contributed by atoms with E-state index in [-0.39, 0.29) is 0 Å². The Morgan fingerprint density at radius 3 is 3.05 bits per heavy atom. The number of likely N-dealkylation sites (N-methyl/N-ethyl adjacent to an activating group) is 1. The first-order valence-electron chi connectivity index (χ1n) is 6.79. The molecule has 1 aromatic heterocycles. The number of hydrogen-bond donors (Lipinski definition) is 1. The van der Waals surface area contributed by atoms with Gasteiger partial charge in [0.2, 0.25) is 0 Å². The second kappa shape index (κ2) is 5.91. The highest BCUT2D eigenvalue weighted by Gasteiger charge is 2.21. The molecule has 106 valence electrons. The highest BCUT2D eigenvalue weighted by Crippen LogP contribution is 2.22. The van der Waals surface area contributed by atoms with E-state index in [0.29, 0.717) is 11.1 Å². The van der Waals surface area contributed by atoms with Crippen LogP contribution < -0.4 is 5.32 Å². The molecule has 0 spiro atoms. The monoisotopic (exact) mass is 291 g/mol. The fourth-order valence-corrected chi connectivity index (χ4v) is 2.84. The summed E-state index contributed by atoms with van der Waals surface area (Å²) in [6.45, 7) is 3.10. The molecule has 2 heterocycles. The second-order valence-electron chi connectivity index (χ2n) is 5.12. The molecular weight excluding hydrogens is 274 g/mol. The highest BCUT2D eigenvalue weighted by atomic mass is 35.5. The number of rotatable bonds is 4. The first-order valence-corrected chi connectivity index (χ1v) is 7.17. The fraction of sp³-hybridized carbons (Fsp3) is 0.429. The molecule has 1 N–H and O–H groups in total. The Hall–Kier alpha value is -1.43. The van der Waals surface area contributed by atoms with Gasteiger partial charge in [-0.2, -0.15) is 5.10 Å². The van der Waals surface area contributed by atoms with Crippen LogP contribution in [-0.4, -0.2) is 45.8 Å². The second-order valence-corrected chi connectivity index (χ2v) is 5.56. The van der Waals surface area contributed by atoms with Crippen molar-refractivity contribution in [2.45, 2.75) is 19.0 Å². The van der Waals surface area contributed by atoms with E-state index in [1.807, 2.05) is 19.2 Å². The summed E-state index contributed by atoms with van der Waals surface area (Å²) >= 11 is 6.11. The standard InChI is InChI=1S/C14H18ClN5/c1-16-13-4-5-19(8-13)7-11-2-3-12(15)6-14(11)20-10-17-9-18-20/h2-3,6,9-10,13,16H,4-5,7-8H2,1H3. The van der Waals surface area contributed by atoms with Crippen LogP contribution in [0.5, 0.6) is 0 Å². The molecule has 1 saturated heterocycles. The van der Waals surface area contributed by atoms with Crippen molar-refractivity contribution in [3.8, 4) is 5.69 Å². The quantitative estimate of drug-likeness (QED) is 0.932. The van der Waals surface area contributed by atoms with E-state index in [9.17, 15) is 0 Å². The van der Waals surface area contributed by atoms with Gasteiger partial charge in [-0.25, -0.2) is 9.67 Å². The molecule has 6 heteroatoms. The molecule has 1 aliphatic rings. The minimum absolute atomic E-state index is 0.595. The number of nitrogens with zero attached hydrogens (tertiary/aromatic N) is 4. The Morgan fingerprint density at radius 1 is 1.45 bits per heavy atom. The van der Waals surface area contributed by atoms with Crippen LogP contribution in [0.25, 0.3) is 5.69 Å². The molecule has 2 aromatic rings. The third-order valence-corrected chi connectivity index (χ3v) is 4.02. The number of halogens is 1. The van der Waals surface area contributed by atoms with Gasteiger partial charge in [-0.05, 0) is 31.2 Å². The van der Waals surface area contributed by atoms with Crippen LogP contribution in [0, 0.1) is 0 Å². The molecule has 0 bridgehead atoms. The van der Waals surface area contributed by atoms with E-state index in [1.54, 1.807) is 11.0 Å². The van der Waals surface area contributed by atoms with Gasteiger partial charge in [-0.15, -0.1) is 0 Å². The molecule has 1 atom stereocenters. The van der Waals surface area contributed by atoms with Gasteiger partial charge in [-0.1, -0.05) is 17.7 Å². The van der Waals surface area contributed by atoms with Crippen LogP contribution in [0.15, 0.2) is 30.9 Å². The largest absolute Gasteiger partial charge is 0.316 e. The van der Waals surface area contributed by atoms with Crippen LogP contribution in [0.3, 0.4) is 0 Å². The summed E-state index contributed by atoms with van der Waals surface area (Å²) in [5, 5.41) is 8.27. The van der Waals surface area contributed by atoms with Gasteiger partial charge in [0.25, 0.3) is 0 Å². The lowest BCUT2D eigenvalue weighted by atomic mass is 10.1. The molecule has 1 aliphatic heterocycles. The Bertz CT molecular complexity index is 569. The average Bonchev–Trinajstić information content (AvgIpc) is 3.11. The van der Waals surface area contributed by atoms with Crippen molar-refractivity contribution in [2.75, 3.05) is 20.1 Å². The van der Waals surface area contributed by atoms with Gasteiger partial charge in [-0.3, -0.25) is 4.90 Å². The third kappa shape index (κ3) is 2.85. The molecule has 1 aromatic carbocycles. The summed E-state index contributed by atoms with van der Waals surface area (Å²) in [6.07, 6.45) is 4.44. The van der Waals surface area contributed by atoms with Crippen LogP contribution in [-0.2, 0) is 6.54 Å². The van der Waals surface area contributed by atoms with Crippen molar-refractivity contribution in [3.63, 3.8) is 0 Å². The summed E-state index contributed by atoms with van der Waals surface area (Å²) in [4.78, 5) is 6.46. The third-order valence-electron chi connectivity index (χ3n) is 3.79. The van der Waals surface area contributed by atoms with Crippen molar-refractivity contribution < 1.29 is 0 Å². The van der Waals surface area contributed by atoms with E-state index in [2.05, 4.69) is 26.4 Å². The number of nitrogens with one attached hydrogen (secondary N) is 1. The lowest BCUT2D eigenvalue weighted by Crippen LogP contribution is -2.29. The minimum Gasteiger partial charge on any atom is -0.316 e. The van der Waals surface area contributed by atoms with Crippen molar-refractivity contribution >= 4 is 11.6 Å². The molecule has 5 nitrogen and oxygen atoms in total. The fourth-order valence-electron chi connectivity index (χ4n) is 2.67. The molecular formula is C14H18ClN5. The van der Waals surface area contributed by atoms with Crippen LogP contribution in [0.2, 0.25) is 5.02 Å². The number of aromatic nitrogens is 3. The highest BCUT2D eigenvalue weighted by molar-refractivity contribution is 6.30. The van der Waals surface area contributed by atoms with E-state index >= 15 is 0 Å². The summed E-state index contributed by atoms with van der Waals surface area (Å²) in [5.74, 6) is 0. The Labute approximate surface area is 123 Å². The maximum atomic E-state index is 6.11. The lowest BCUT2D eigenvalue weighted by molar-refractivity contribution is 0.322. The summed E-state index contributed by atoms with van der Waals surface area (Å²) in [6, 6.07) is 6.55. The Kier molecular flexibility index (Phi) is 4.00. The first kappa shape index (κ1) is 13.5.